The molecule has 1 aliphatic heterocycles. The molecule has 4 heteroatoms. The maximum atomic E-state index is 12.1. The van der Waals surface area contributed by atoms with Gasteiger partial charge in [-0.25, -0.2) is 0 Å². The predicted molar refractivity (Wildman–Crippen MR) is 62.7 cm³/mol. The maximum Gasteiger partial charge on any atom is 0.289 e. The number of carbonyl (C=O) groups is 1. The Hall–Kier alpha value is -0.960. The van der Waals surface area contributed by atoms with Crippen molar-refractivity contribution in [2.45, 2.75) is 32.1 Å². The van der Waals surface area contributed by atoms with Gasteiger partial charge in [0, 0.05) is 13.1 Å². The molecule has 0 spiro atoms. The van der Waals surface area contributed by atoms with Gasteiger partial charge in [0.05, 0.1) is 0 Å². The lowest BCUT2D eigenvalue weighted by Gasteiger charge is -2.23. The van der Waals surface area contributed by atoms with E-state index in [2.05, 4.69) is 0 Å². The van der Waals surface area contributed by atoms with Gasteiger partial charge in [0.2, 0.25) is 0 Å². The Morgan fingerprint density at radius 3 is 2.31 bits per heavy atom. The van der Waals surface area contributed by atoms with Crippen molar-refractivity contribution in [2.75, 3.05) is 13.1 Å². The van der Waals surface area contributed by atoms with Crippen LogP contribution in [0.2, 0.25) is 5.22 Å². The van der Waals surface area contributed by atoms with Gasteiger partial charge >= 0.3 is 0 Å². The van der Waals surface area contributed by atoms with Crippen molar-refractivity contribution in [1.29, 1.82) is 0 Å². The van der Waals surface area contributed by atoms with Gasteiger partial charge in [-0.05, 0) is 36.6 Å². The summed E-state index contributed by atoms with van der Waals surface area (Å²) < 4.78 is 5.14. The third-order valence-corrected chi connectivity index (χ3v) is 3.13. The molecule has 1 aliphatic rings. The number of halogens is 1. The summed E-state index contributed by atoms with van der Waals surface area (Å²) in [6, 6.07) is 3.25. The topological polar surface area (TPSA) is 33.5 Å². The van der Waals surface area contributed by atoms with Crippen LogP contribution >= 0.6 is 11.6 Å². The predicted octanol–water partition coefficient (Wildman–Crippen LogP) is 3.34. The van der Waals surface area contributed by atoms with Crippen molar-refractivity contribution in [3.05, 3.63) is 23.1 Å². The largest absolute Gasteiger partial charge is 0.440 e. The molecule has 0 bridgehead atoms. The minimum Gasteiger partial charge on any atom is -0.440 e. The Labute approximate surface area is 100 Å². The first-order valence-corrected chi connectivity index (χ1v) is 6.20. The van der Waals surface area contributed by atoms with E-state index < -0.39 is 0 Å². The van der Waals surface area contributed by atoms with Gasteiger partial charge in [-0.15, -0.1) is 0 Å². The summed E-state index contributed by atoms with van der Waals surface area (Å²) in [6.07, 6.45) is 5.88. The molecule has 0 saturated carbocycles. The van der Waals surface area contributed by atoms with E-state index in [9.17, 15) is 4.79 Å². The summed E-state index contributed by atoms with van der Waals surface area (Å²) >= 11 is 5.66. The number of carbonyl (C=O) groups excluding carboxylic acids is 1. The van der Waals surface area contributed by atoms with Gasteiger partial charge in [0.25, 0.3) is 5.91 Å². The van der Waals surface area contributed by atoms with Crippen LogP contribution in [0.15, 0.2) is 16.5 Å². The molecule has 2 heterocycles. The lowest BCUT2D eigenvalue weighted by molar-refractivity contribution is 0.0710. The van der Waals surface area contributed by atoms with E-state index in [1.807, 2.05) is 4.90 Å². The van der Waals surface area contributed by atoms with Gasteiger partial charge < -0.3 is 9.32 Å². The summed E-state index contributed by atoms with van der Waals surface area (Å²) in [5.41, 5.74) is 0. The van der Waals surface area contributed by atoms with E-state index in [4.69, 9.17) is 16.0 Å². The van der Waals surface area contributed by atoms with Crippen LogP contribution in [0.4, 0.5) is 0 Å². The first-order chi connectivity index (χ1) is 7.77. The Morgan fingerprint density at radius 1 is 1.12 bits per heavy atom. The van der Waals surface area contributed by atoms with Crippen LogP contribution < -0.4 is 0 Å². The third kappa shape index (κ3) is 2.79. The second-order valence-electron chi connectivity index (χ2n) is 4.16. The number of hydrogen-bond acceptors (Lipinski definition) is 2. The number of likely N-dealkylation sites (tertiary alicyclic amines) is 1. The number of furan rings is 1. The van der Waals surface area contributed by atoms with Crippen molar-refractivity contribution in [2.24, 2.45) is 0 Å². The molecule has 0 aromatic carbocycles. The van der Waals surface area contributed by atoms with Crippen LogP contribution in [0.3, 0.4) is 0 Å². The fourth-order valence-electron chi connectivity index (χ4n) is 2.04. The second kappa shape index (κ2) is 5.39. The zero-order valence-corrected chi connectivity index (χ0v) is 10.0. The lowest BCUT2D eigenvalue weighted by Crippen LogP contribution is -2.33. The highest BCUT2D eigenvalue weighted by atomic mass is 35.5. The molecular formula is C12H16ClNO2. The molecule has 2 rings (SSSR count). The van der Waals surface area contributed by atoms with Gasteiger partial charge in [0.15, 0.2) is 11.0 Å². The van der Waals surface area contributed by atoms with Crippen LogP contribution in [0.1, 0.15) is 42.7 Å². The van der Waals surface area contributed by atoms with Gasteiger partial charge in [-0.2, -0.15) is 0 Å². The fourth-order valence-corrected chi connectivity index (χ4v) is 2.18. The molecule has 3 nitrogen and oxygen atoms in total. The minimum atomic E-state index is -0.0335. The van der Waals surface area contributed by atoms with Gasteiger partial charge in [-0.3, -0.25) is 4.79 Å². The maximum absolute atomic E-state index is 12.1. The fraction of sp³-hybridized carbons (Fsp3) is 0.583. The molecule has 88 valence electrons. The molecule has 1 fully saturated rings. The summed E-state index contributed by atoms with van der Waals surface area (Å²) in [6.45, 7) is 1.66. The van der Waals surface area contributed by atoms with Crippen molar-refractivity contribution >= 4 is 17.5 Å². The highest BCUT2D eigenvalue weighted by molar-refractivity contribution is 6.29. The first-order valence-electron chi connectivity index (χ1n) is 5.82. The van der Waals surface area contributed by atoms with Crippen molar-refractivity contribution in [3.63, 3.8) is 0 Å². The smallest absolute Gasteiger partial charge is 0.289 e. The van der Waals surface area contributed by atoms with Crippen LogP contribution in [-0.2, 0) is 0 Å². The Balaban J connectivity index is 2.01. The zero-order chi connectivity index (χ0) is 11.4. The Bertz CT molecular complexity index is 354. The monoisotopic (exact) mass is 241 g/mol. The van der Waals surface area contributed by atoms with Gasteiger partial charge in [-0.1, -0.05) is 19.3 Å². The number of nitrogens with zero attached hydrogens (tertiary/aromatic N) is 1. The lowest BCUT2D eigenvalue weighted by atomic mass is 10.1. The zero-order valence-electron chi connectivity index (χ0n) is 9.25. The molecule has 1 aromatic heterocycles. The normalized spacial score (nSPS) is 17.9. The highest BCUT2D eigenvalue weighted by Gasteiger charge is 2.19. The van der Waals surface area contributed by atoms with Crippen LogP contribution in [0, 0.1) is 0 Å². The molecule has 16 heavy (non-hydrogen) atoms. The SMILES string of the molecule is O=C(c1ccc(Cl)o1)N1CCCCCCC1. The van der Waals surface area contributed by atoms with Crippen molar-refractivity contribution in [3.8, 4) is 0 Å². The van der Waals surface area contributed by atoms with E-state index in [0.29, 0.717) is 5.76 Å². The summed E-state index contributed by atoms with van der Waals surface area (Å²) in [5.74, 6) is 0.319. The summed E-state index contributed by atoms with van der Waals surface area (Å²) in [5, 5.41) is 0.274. The average Bonchev–Trinajstić information content (AvgIpc) is 2.63. The number of hydrogen-bond donors (Lipinski definition) is 0. The number of amides is 1. The first kappa shape index (κ1) is 11.5. The molecule has 0 N–H and O–H groups in total. The molecule has 1 aromatic rings. The summed E-state index contributed by atoms with van der Waals surface area (Å²) in [7, 11) is 0. The summed E-state index contributed by atoms with van der Waals surface area (Å²) in [4.78, 5) is 13.9. The Morgan fingerprint density at radius 2 is 1.75 bits per heavy atom. The van der Waals surface area contributed by atoms with Crippen LogP contribution in [-0.4, -0.2) is 23.9 Å². The van der Waals surface area contributed by atoms with Crippen molar-refractivity contribution in [1.82, 2.24) is 4.90 Å². The quantitative estimate of drug-likeness (QED) is 0.756. The number of rotatable bonds is 1. The van der Waals surface area contributed by atoms with E-state index in [1.165, 1.54) is 19.3 Å². The Kier molecular flexibility index (Phi) is 3.88. The molecule has 1 saturated heterocycles. The van der Waals surface area contributed by atoms with Crippen LogP contribution in [0.5, 0.6) is 0 Å². The average molecular weight is 242 g/mol. The van der Waals surface area contributed by atoms with E-state index >= 15 is 0 Å². The molecule has 0 radical (unpaired) electrons. The second-order valence-corrected chi connectivity index (χ2v) is 4.54. The molecular weight excluding hydrogens is 226 g/mol. The highest BCUT2D eigenvalue weighted by Crippen LogP contribution is 2.17. The molecule has 0 aliphatic carbocycles. The van der Waals surface area contributed by atoms with Crippen LogP contribution in [0.25, 0.3) is 0 Å². The third-order valence-electron chi connectivity index (χ3n) is 2.93. The van der Waals surface area contributed by atoms with Gasteiger partial charge in [0.1, 0.15) is 0 Å². The van der Waals surface area contributed by atoms with E-state index in [-0.39, 0.29) is 11.1 Å². The molecule has 1 amide bonds. The minimum absolute atomic E-state index is 0.0335. The molecule has 0 atom stereocenters. The molecule has 0 unspecified atom stereocenters. The standard InChI is InChI=1S/C12H16ClNO2/c13-11-7-6-10(16-11)12(15)14-8-4-2-1-3-5-9-14/h6-7H,1-5,8-9H2. The van der Waals surface area contributed by atoms with Crippen molar-refractivity contribution < 1.29 is 9.21 Å². The van der Waals surface area contributed by atoms with E-state index in [1.54, 1.807) is 12.1 Å². The van der Waals surface area contributed by atoms with E-state index in [0.717, 1.165) is 25.9 Å².